The lowest BCUT2D eigenvalue weighted by Gasteiger charge is -2.22. The summed E-state index contributed by atoms with van der Waals surface area (Å²) in [5.74, 6) is 0.569. The highest BCUT2D eigenvalue weighted by Crippen LogP contribution is 2.14. The molecule has 0 radical (unpaired) electrons. The van der Waals surface area contributed by atoms with Crippen LogP contribution in [0.15, 0.2) is 24.9 Å². The predicted octanol–water partition coefficient (Wildman–Crippen LogP) is 3.28. The van der Waals surface area contributed by atoms with Crippen LogP contribution in [-0.2, 0) is 0 Å². The summed E-state index contributed by atoms with van der Waals surface area (Å²) in [6, 6.07) is 3.98. The van der Waals surface area contributed by atoms with Crippen LogP contribution in [0.1, 0.15) is 50.2 Å². The molecule has 0 saturated heterocycles. The van der Waals surface area contributed by atoms with Crippen molar-refractivity contribution in [3.8, 4) is 0 Å². The van der Waals surface area contributed by atoms with Gasteiger partial charge < -0.3 is 5.32 Å². The van der Waals surface area contributed by atoms with Crippen molar-refractivity contribution < 1.29 is 4.79 Å². The van der Waals surface area contributed by atoms with E-state index in [-0.39, 0.29) is 5.78 Å². The summed E-state index contributed by atoms with van der Waals surface area (Å²) in [5, 5.41) is 3.38. The van der Waals surface area contributed by atoms with Crippen LogP contribution in [0.2, 0.25) is 0 Å². The number of Topliss-reactive ketones (excluding diaryl/α,β-unsaturated/α-hetero) is 1. The molecule has 1 heterocycles. The van der Waals surface area contributed by atoms with E-state index in [0.717, 1.165) is 17.7 Å². The number of ketones is 1. The molecule has 2 atom stereocenters. The number of nitrogens with zero attached hydrogens (tertiary/aromatic N) is 1. The molecule has 0 aliphatic carbocycles. The second kappa shape index (κ2) is 6.34. The number of carbonyl (C=O) groups excluding carboxylic acids is 1. The molecule has 1 rings (SSSR count). The van der Waals surface area contributed by atoms with Crippen molar-refractivity contribution in [1.82, 2.24) is 10.3 Å². The smallest absolute Gasteiger partial charge is 0.178 e. The van der Waals surface area contributed by atoms with Crippen molar-refractivity contribution >= 4 is 11.5 Å². The fourth-order valence-electron chi connectivity index (χ4n) is 1.63. The predicted molar refractivity (Wildman–Crippen MR) is 75.3 cm³/mol. The monoisotopic (exact) mass is 246 g/mol. The fraction of sp³-hybridized carbons (Fsp3) is 0.467. The lowest BCUT2D eigenvalue weighted by molar-refractivity contribution is 0.101. The topological polar surface area (TPSA) is 42.0 Å². The zero-order valence-electron chi connectivity index (χ0n) is 11.7. The van der Waals surface area contributed by atoms with Gasteiger partial charge in [-0.05, 0) is 25.0 Å². The third-order valence-electron chi connectivity index (χ3n) is 3.37. The zero-order chi connectivity index (χ0) is 13.7. The summed E-state index contributed by atoms with van der Waals surface area (Å²) in [5.41, 5.74) is 2.27. The lowest BCUT2D eigenvalue weighted by atomic mass is 10.0. The SMILES string of the molecule is C=C(NC(C)C(C)CC)c1ccc(C(C)=O)nc1. The van der Waals surface area contributed by atoms with E-state index in [2.05, 4.69) is 37.7 Å². The molecule has 3 heteroatoms. The summed E-state index contributed by atoms with van der Waals surface area (Å²) < 4.78 is 0. The Morgan fingerprint density at radius 2 is 2.11 bits per heavy atom. The van der Waals surface area contributed by atoms with Gasteiger partial charge in [0, 0.05) is 30.4 Å². The standard InChI is InChI=1S/C15H22N2O/c1-6-10(2)11(3)17-12(4)14-7-8-15(13(5)18)16-9-14/h7-11,17H,4,6H2,1-3,5H3. The summed E-state index contributed by atoms with van der Waals surface area (Å²) in [7, 11) is 0. The minimum absolute atomic E-state index is 0.0203. The Labute approximate surface area is 109 Å². The van der Waals surface area contributed by atoms with Crippen LogP contribution in [0, 0.1) is 5.92 Å². The molecule has 0 spiro atoms. The van der Waals surface area contributed by atoms with Gasteiger partial charge in [0.1, 0.15) is 5.69 Å². The summed E-state index contributed by atoms with van der Waals surface area (Å²) >= 11 is 0. The van der Waals surface area contributed by atoms with Crippen LogP contribution in [0.4, 0.5) is 0 Å². The number of hydrogen-bond donors (Lipinski definition) is 1. The van der Waals surface area contributed by atoms with Crippen LogP contribution >= 0.6 is 0 Å². The van der Waals surface area contributed by atoms with Crippen LogP contribution in [0.25, 0.3) is 5.70 Å². The maximum Gasteiger partial charge on any atom is 0.178 e. The highest BCUT2D eigenvalue weighted by Gasteiger charge is 2.11. The quantitative estimate of drug-likeness (QED) is 0.783. The Kier molecular flexibility index (Phi) is 5.08. The maximum atomic E-state index is 11.1. The van der Waals surface area contributed by atoms with Crippen molar-refractivity contribution in [3.05, 3.63) is 36.2 Å². The minimum atomic E-state index is -0.0203. The molecule has 0 amide bonds. The molecule has 0 aliphatic rings. The first-order chi connectivity index (χ1) is 8.45. The normalized spacial score (nSPS) is 13.8. The second-order valence-electron chi connectivity index (χ2n) is 4.79. The Morgan fingerprint density at radius 3 is 2.56 bits per heavy atom. The first-order valence-electron chi connectivity index (χ1n) is 6.38. The van der Waals surface area contributed by atoms with Crippen LogP contribution in [-0.4, -0.2) is 16.8 Å². The Bertz CT molecular complexity index is 423. The number of rotatable bonds is 6. The molecule has 0 aliphatic heterocycles. The van der Waals surface area contributed by atoms with Gasteiger partial charge in [0.05, 0.1) is 0 Å². The van der Waals surface area contributed by atoms with Gasteiger partial charge in [-0.2, -0.15) is 0 Å². The molecule has 18 heavy (non-hydrogen) atoms. The molecule has 0 bridgehead atoms. The Hall–Kier alpha value is -1.64. The van der Waals surface area contributed by atoms with E-state index in [0.29, 0.717) is 17.7 Å². The molecule has 0 fully saturated rings. The molecule has 98 valence electrons. The van der Waals surface area contributed by atoms with E-state index in [1.54, 1.807) is 12.3 Å². The number of hydrogen-bond acceptors (Lipinski definition) is 3. The third-order valence-corrected chi connectivity index (χ3v) is 3.37. The van der Waals surface area contributed by atoms with E-state index >= 15 is 0 Å². The zero-order valence-corrected chi connectivity index (χ0v) is 11.7. The van der Waals surface area contributed by atoms with Crippen molar-refractivity contribution in [3.63, 3.8) is 0 Å². The van der Waals surface area contributed by atoms with Gasteiger partial charge in [0.2, 0.25) is 0 Å². The number of pyridine rings is 1. The van der Waals surface area contributed by atoms with E-state index in [1.165, 1.54) is 6.92 Å². The highest BCUT2D eigenvalue weighted by molar-refractivity contribution is 5.92. The fourth-order valence-corrected chi connectivity index (χ4v) is 1.63. The van der Waals surface area contributed by atoms with E-state index in [9.17, 15) is 4.79 Å². The van der Waals surface area contributed by atoms with Gasteiger partial charge in [0.25, 0.3) is 0 Å². The summed E-state index contributed by atoms with van der Waals surface area (Å²) in [6.45, 7) is 12.1. The largest absolute Gasteiger partial charge is 0.382 e. The first kappa shape index (κ1) is 14.4. The second-order valence-corrected chi connectivity index (χ2v) is 4.79. The molecule has 2 unspecified atom stereocenters. The molecule has 0 aromatic carbocycles. The van der Waals surface area contributed by atoms with Crippen molar-refractivity contribution in [2.75, 3.05) is 0 Å². The number of aromatic nitrogens is 1. The summed E-state index contributed by atoms with van der Waals surface area (Å²) in [6.07, 6.45) is 2.82. The number of nitrogens with one attached hydrogen (secondary N) is 1. The third kappa shape index (κ3) is 3.69. The first-order valence-corrected chi connectivity index (χ1v) is 6.38. The van der Waals surface area contributed by atoms with Crippen molar-refractivity contribution in [2.24, 2.45) is 5.92 Å². The lowest BCUT2D eigenvalue weighted by Crippen LogP contribution is -2.30. The van der Waals surface area contributed by atoms with E-state index in [4.69, 9.17) is 0 Å². The van der Waals surface area contributed by atoms with E-state index < -0.39 is 0 Å². The van der Waals surface area contributed by atoms with Crippen LogP contribution in [0.5, 0.6) is 0 Å². The number of carbonyl (C=O) groups is 1. The molecule has 1 aromatic heterocycles. The molecular formula is C15H22N2O. The minimum Gasteiger partial charge on any atom is -0.382 e. The van der Waals surface area contributed by atoms with E-state index in [1.807, 2.05) is 6.07 Å². The van der Waals surface area contributed by atoms with Gasteiger partial charge in [-0.15, -0.1) is 0 Å². The molecule has 0 saturated carbocycles. The highest BCUT2D eigenvalue weighted by atomic mass is 16.1. The van der Waals surface area contributed by atoms with Crippen LogP contribution < -0.4 is 5.32 Å². The van der Waals surface area contributed by atoms with Crippen molar-refractivity contribution in [2.45, 2.75) is 40.2 Å². The van der Waals surface area contributed by atoms with Gasteiger partial charge in [-0.1, -0.05) is 26.8 Å². The van der Waals surface area contributed by atoms with Gasteiger partial charge in [-0.3, -0.25) is 9.78 Å². The molecule has 3 nitrogen and oxygen atoms in total. The van der Waals surface area contributed by atoms with Gasteiger partial charge >= 0.3 is 0 Å². The van der Waals surface area contributed by atoms with Crippen LogP contribution in [0.3, 0.4) is 0 Å². The average molecular weight is 246 g/mol. The van der Waals surface area contributed by atoms with Gasteiger partial charge in [0.15, 0.2) is 5.78 Å². The Balaban J connectivity index is 2.70. The Morgan fingerprint density at radius 1 is 1.44 bits per heavy atom. The average Bonchev–Trinajstić information content (AvgIpc) is 2.37. The molecular weight excluding hydrogens is 224 g/mol. The maximum absolute atomic E-state index is 11.1. The summed E-state index contributed by atoms with van der Waals surface area (Å²) in [4.78, 5) is 15.3. The molecule has 1 aromatic rings. The molecule has 1 N–H and O–H groups in total. The van der Waals surface area contributed by atoms with Crippen molar-refractivity contribution in [1.29, 1.82) is 0 Å². The van der Waals surface area contributed by atoms with Gasteiger partial charge in [-0.25, -0.2) is 0 Å².